The number of rotatable bonds is 2. The van der Waals surface area contributed by atoms with Crippen molar-refractivity contribution >= 4 is 5.97 Å². The van der Waals surface area contributed by atoms with Crippen LogP contribution in [0.1, 0.15) is 11.1 Å². The molecule has 1 aromatic rings. The number of carboxylic acid groups (broad SMARTS) is 1. The Bertz CT molecular complexity index is 484. The minimum Gasteiger partial charge on any atom is -0.480 e. The summed E-state index contributed by atoms with van der Waals surface area (Å²) in [5.74, 6) is -0.846. The highest BCUT2D eigenvalue weighted by Crippen LogP contribution is 2.36. The highest BCUT2D eigenvalue weighted by Gasteiger charge is 2.49. The van der Waals surface area contributed by atoms with Crippen molar-refractivity contribution in [3.63, 3.8) is 0 Å². The number of aliphatic carboxylic acids is 1. The smallest absolute Gasteiger partial charge is 0.331 e. The maximum atomic E-state index is 12.0. The van der Waals surface area contributed by atoms with Crippen LogP contribution in [-0.4, -0.2) is 48.9 Å². The number of ether oxygens (including phenoxy) is 2. The molecule has 2 aliphatic rings. The van der Waals surface area contributed by atoms with Crippen LogP contribution in [0.2, 0.25) is 0 Å². The molecule has 1 atom stereocenters. The molecule has 102 valence electrons. The molecule has 1 N–H and O–H groups in total. The van der Waals surface area contributed by atoms with E-state index in [1.54, 1.807) is 0 Å². The van der Waals surface area contributed by atoms with Gasteiger partial charge in [-0.1, -0.05) is 24.3 Å². The lowest BCUT2D eigenvalue weighted by atomic mass is 9.83. The predicted molar refractivity (Wildman–Crippen MR) is 67.8 cm³/mol. The zero-order chi connectivity index (χ0) is 13.3. The standard InChI is InChI=1S/C14H17NO4/c16-13(17)14(15-5-7-18-8-6-15)10-19-9-11-3-1-2-4-12(11)14/h1-4H,5-10H2,(H,16,17). The Morgan fingerprint density at radius 3 is 2.68 bits per heavy atom. The third kappa shape index (κ3) is 1.94. The summed E-state index contributed by atoms with van der Waals surface area (Å²) in [7, 11) is 0. The number of hydrogen-bond donors (Lipinski definition) is 1. The average molecular weight is 263 g/mol. The van der Waals surface area contributed by atoms with Crippen LogP contribution in [0, 0.1) is 0 Å². The van der Waals surface area contributed by atoms with E-state index in [4.69, 9.17) is 9.47 Å². The van der Waals surface area contributed by atoms with Crippen LogP contribution in [0.15, 0.2) is 24.3 Å². The largest absolute Gasteiger partial charge is 0.480 e. The van der Waals surface area contributed by atoms with Crippen LogP contribution in [-0.2, 0) is 26.4 Å². The predicted octanol–water partition coefficient (Wildman–Crippen LogP) is 0.829. The van der Waals surface area contributed by atoms with Gasteiger partial charge in [0.2, 0.25) is 0 Å². The number of carbonyl (C=O) groups is 1. The number of fused-ring (bicyclic) bond motifs is 1. The van der Waals surface area contributed by atoms with E-state index in [0.717, 1.165) is 11.1 Å². The second-order valence-electron chi connectivity index (χ2n) is 4.91. The summed E-state index contributed by atoms with van der Waals surface area (Å²) in [6, 6.07) is 7.65. The van der Waals surface area contributed by atoms with E-state index in [9.17, 15) is 9.90 Å². The maximum absolute atomic E-state index is 12.0. The van der Waals surface area contributed by atoms with Crippen LogP contribution in [0.3, 0.4) is 0 Å². The van der Waals surface area contributed by atoms with Gasteiger partial charge in [0.25, 0.3) is 0 Å². The Kier molecular flexibility index (Phi) is 3.26. The van der Waals surface area contributed by atoms with Crippen LogP contribution in [0.5, 0.6) is 0 Å². The first-order valence-electron chi connectivity index (χ1n) is 6.47. The molecule has 1 saturated heterocycles. The Hall–Kier alpha value is -1.43. The molecule has 5 heteroatoms. The van der Waals surface area contributed by atoms with E-state index in [1.165, 1.54) is 0 Å². The molecule has 2 aliphatic heterocycles. The lowest BCUT2D eigenvalue weighted by molar-refractivity contribution is -0.165. The molecule has 2 heterocycles. The first-order chi connectivity index (χ1) is 9.25. The molecule has 1 fully saturated rings. The minimum absolute atomic E-state index is 0.194. The van der Waals surface area contributed by atoms with Gasteiger partial charge in [-0.15, -0.1) is 0 Å². The third-order valence-electron chi connectivity index (χ3n) is 3.94. The fraction of sp³-hybridized carbons (Fsp3) is 0.500. The second kappa shape index (κ2) is 4.92. The van der Waals surface area contributed by atoms with Gasteiger partial charge in [-0.2, -0.15) is 0 Å². The average Bonchev–Trinajstić information content (AvgIpc) is 2.47. The Labute approximate surface area is 111 Å². The molecule has 0 saturated carbocycles. The van der Waals surface area contributed by atoms with Crippen LogP contribution in [0.25, 0.3) is 0 Å². The van der Waals surface area contributed by atoms with Crippen LogP contribution >= 0.6 is 0 Å². The van der Waals surface area contributed by atoms with E-state index in [-0.39, 0.29) is 6.61 Å². The summed E-state index contributed by atoms with van der Waals surface area (Å²) < 4.78 is 10.9. The molecule has 1 unspecified atom stereocenters. The Morgan fingerprint density at radius 1 is 1.21 bits per heavy atom. The number of carboxylic acids is 1. The van der Waals surface area contributed by atoms with Gasteiger partial charge in [-0.3, -0.25) is 4.90 Å². The fourth-order valence-electron chi connectivity index (χ4n) is 2.95. The van der Waals surface area contributed by atoms with Gasteiger partial charge >= 0.3 is 5.97 Å². The summed E-state index contributed by atoms with van der Waals surface area (Å²) in [4.78, 5) is 13.9. The summed E-state index contributed by atoms with van der Waals surface area (Å²) in [5, 5.41) is 9.83. The van der Waals surface area contributed by atoms with Crippen molar-refractivity contribution in [1.82, 2.24) is 4.90 Å². The molecule has 0 bridgehead atoms. The van der Waals surface area contributed by atoms with Crippen LogP contribution < -0.4 is 0 Å². The fourth-order valence-corrected chi connectivity index (χ4v) is 2.95. The van der Waals surface area contributed by atoms with Gasteiger partial charge in [0.1, 0.15) is 0 Å². The van der Waals surface area contributed by atoms with Crippen molar-refractivity contribution in [2.75, 3.05) is 32.9 Å². The molecule has 5 nitrogen and oxygen atoms in total. The van der Waals surface area contributed by atoms with Crippen molar-refractivity contribution in [3.05, 3.63) is 35.4 Å². The monoisotopic (exact) mass is 263 g/mol. The van der Waals surface area contributed by atoms with Gasteiger partial charge in [-0.05, 0) is 11.1 Å². The van der Waals surface area contributed by atoms with Crippen molar-refractivity contribution in [1.29, 1.82) is 0 Å². The molecule has 0 aliphatic carbocycles. The zero-order valence-electron chi connectivity index (χ0n) is 10.7. The van der Waals surface area contributed by atoms with Gasteiger partial charge in [0, 0.05) is 13.1 Å². The van der Waals surface area contributed by atoms with E-state index in [0.29, 0.717) is 32.9 Å². The molecule has 3 rings (SSSR count). The molecular formula is C14H17NO4. The molecule has 0 spiro atoms. The SMILES string of the molecule is O=C(O)C1(N2CCOCC2)COCc2ccccc21. The van der Waals surface area contributed by atoms with Gasteiger partial charge in [-0.25, -0.2) is 4.79 Å². The van der Waals surface area contributed by atoms with Crippen molar-refractivity contribution < 1.29 is 19.4 Å². The lowest BCUT2D eigenvalue weighted by Crippen LogP contribution is -2.60. The first kappa shape index (κ1) is 12.6. The van der Waals surface area contributed by atoms with Gasteiger partial charge in [0.15, 0.2) is 5.54 Å². The molecule has 1 aromatic carbocycles. The topological polar surface area (TPSA) is 59.0 Å². The number of hydrogen-bond acceptors (Lipinski definition) is 4. The summed E-state index contributed by atoms with van der Waals surface area (Å²) in [6.07, 6.45) is 0. The molecular weight excluding hydrogens is 246 g/mol. The molecule has 0 radical (unpaired) electrons. The summed E-state index contributed by atoms with van der Waals surface area (Å²) >= 11 is 0. The van der Waals surface area contributed by atoms with Crippen molar-refractivity contribution in [2.45, 2.75) is 12.1 Å². The zero-order valence-corrected chi connectivity index (χ0v) is 10.7. The van der Waals surface area contributed by atoms with E-state index in [1.807, 2.05) is 29.2 Å². The van der Waals surface area contributed by atoms with E-state index in [2.05, 4.69) is 0 Å². The van der Waals surface area contributed by atoms with Gasteiger partial charge < -0.3 is 14.6 Å². The Morgan fingerprint density at radius 2 is 1.95 bits per heavy atom. The summed E-state index contributed by atoms with van der Waals surface area (Å²) in [5.41, 5.74) is 0.747. The molecule has 19 heavy (non-hydrogen) atoms. The van der Waals surface area contributed by atoms with Crippen molar-refractivity contribution in [3.8, 4) is 0 Å². The lowest BCUT2D eigenvalue weighted by Gasteiger charge is -2.45. The third-order valence-corrected chi connectivity index (χ3v) is 3.94. The van der Waals surface area contributed by atoms with E-state index >= 15 is 0 Å². The highest BCUT2D eigenvalue weighted by molar-refractivity contribution is 5.82. The minimum atomic E-state index is -1.07. The second-order valence-corrected chi connectivity index (χ2v) is 4.91. The number of morpholine rings is 1. The number of nitrogens with zero attached hydrogens (tertiary/aromatic N) is 1. The maximum Gasteiger partial charge on any atom is 0.331 e. The molecule has 0 aromatic heterocycles. The molecule has 0 amide bonds. The van der Waals surface area contributed by atoms with Crippen molar-refractivity contribution in [2.24, 2.45) is 0 Å². The first-order valence-corrected chi connectivity index (χ1v) is 6.47. The number of benzene rings is 1. The highest BCUT2D eigenvalue weighted by atomic mass is 16.5. The van der Waals surface area contributed by atoms with Crippen LogP contribution in [0.4, 0.5) is 0 Å². The Balaban J connectivity index is 2.08. The van der Waals surface area contributed by atoms with E-state index < -0.39 is 11.5 Å². The quantitative estimate of drug-likeness (QED) is 0.856. The summed E-state index contributed by atoms with van der Waals surface area (Å²) in [6.45, 7) is 3.04. The normalized spacial score (nSPS) is 27.8. The van der Waals surface area contributed by atoms with Gasteiger partial charge in [0.05, 0.1) is 26.4 Å².